The first-order valence-corrected chi connectivity index (χ1v) is 23.3. The molecule has 0 atom stereocenters. The van der Waals surface area contributed by atoms with Gasteiger partial charge in [0.1, 0.15) is 11.5 Å². The number of hydrogen-bond acceptors (Lipinski definition) is 7. The lowest BCUT2D eigenvalue weighted by molar-refractivity contribution is 0.414. The number of nitrogen functional groups attached to an aromatic ring is 1. The van der Waals surface area contributed by atoms with Gasteiger partial charge in [0.15, 0.2) is 0 Å². The zero-order valence-electron chi connectivity index (χ0n) is 34.9. The summed E-state index contributed by atoms with van der Waals surface area (Å²) >= 11 is 0. The predicted octanol–water partition coefficient (Wildman–Crippen LogP) is 11.1. The number of sulfonamides is 1. The zero-order chi connectivity index (χ0) is 45.0. The molecular weight excluding hydrogens is 848 g/mol. The fourth-order valence-corrected chi connectivity index (χ4v) is 8.03. The van der Waals surface area contributed by atoms with Crippen molar-refractivity contribution in [1.29, 1.82) is 0 Å². The summed E-state index contributed by atoms with van der Waals surface area (Å²) in [6, 6.07) is 51.5. The Labute approximate surface area is 373 Å². The average molecular weight is 892 g/mol. The van der Waals surface area contributed by atoms with Crippen LogP contribution in [0.4, 0.5) is 11.4 Å². The number of fused-ring (bicyclic) bond motifs is 2. The molecule has 0 saturated heterocycles. The third kappa shape index (κ3) is 12.2. The van der Waals surface area contributed by atoms with Gasteiger partial charge in [-0.05, 0) is 122 Å². The SMILES string of the molecule is COc1ccc(C#Cc2ccc(N)c3ccccc23)cc1.COc1ccc(C#Cc2ccc(NS(=O)(=O)c3ccc(C)cc3)c3ccccc23)cc1.Cc1ccc(S(=O)(=O)Cl)cc1. The van der Waals surface area contributed by atoms with E-state index in [1.165, 1.54) is 12.1 Å². The first-order valence-electron chi connectivity index (χ1n) is 19.5. The standard InChI is InChI=1S/C26H21NO3S.C19H15NO.C7H7ClO2S/c1-19-7-16-23(17-8-19)31(28,29)27-26-18-13-21(24-5-3-4-6-25(24)26)12-9-20-10-14-22(30-2)15-11-20;1-21-16-11-7-14(8-12-16)6-9-15-10-13-19(20)18-5-3-2-4-17(15)18;1-6-2-4-7(5-3-6)11(8,9)10/h3-8,10-11,13-18,27H,1-2H3;2-5,7-8,10-13H,20H2,1H3;2-5H,1H3. The summed E-state index contributed by atoms with van der Waals surface area (Å²) in [5.74, 6) is 14.4. The maximum absolute atomic E-state index is 12.9. The van der Waals surface area contributed by atoms with E-state index in [4.69, 9.17) is 25.9 Å². The first kappa shape index (κ1) is 45.3. The predicted molar refractivity (Wildman–Crippen MR) is 256 cm³/mol. The van der Waals surface area contributed by atoms with E-state index in [9.17, 15) is 16.8 Å². The number of aryl methyl sites for hydroxylation is 2. The van der Waals surface area contributed by atoms with Gasteiger partial charge in [-0.3, -0.25) is 4.72 Å². The van der Waals surface area contributed by atoms with Gasteiger partial charge in [0.2, 0.25) is 0 Å². The normalized spacial score (nSPS) is 10.7. The summed E-state index contributed by atoms with van der Waals surface area (Å²) in [6.07, 6.45) is 0. The van der Waals surface area contributed by atoms with E-state index in [1.807, 2.05) is 129 Å². The second kappa shape index (κ2) is 20.6. The van der Waals surface area contributed by atoms with Crippen LogP contribution in [-0.4, -0.2) is 31.1 Å². The molecule has 11 heteroatoms. The van der Waals surface area contributed by atoms with Gasteiger partial charge in [0.05, 0.1) is 29.7 Å². The van der Waals surface area contributed by atoms with Crippen LogP contribution in [0.2, 0.25) is 0 Å². The van der Waals surface area contributed by atoms with Crippen molar-refractivity contribution in [2.45, 2.75) is 23.6 Å². The molecule has 63 heavy (non-hydrogen) atoms. The molecule has 0 unspecified atom stereocenters. The minimum absolute atomic E-state index is 0.143. The Bertz CT molecular complexity index is 3220. The summed E-state index contributed by atoms with van der Waals surface area (Å²) in [5.41, 5.74) is 12.9. The molecule has 0 aromatic heterocycles. The number of nitrogens with one attached hydrogen (secondary N) is 1. The third-order valence-electron chi connectivity index (χ3n) is 9.62. The van der Waals surface area contributed by atoms with Gasteiger partial charge in [-0.2, -0.15) is 0 Å². The van der Waals surface area contributed by atoms with Crippen molar-refractivity contribution < 1.29 is 26.3 Å². The van der Waals surface area contributed by atoms with Crippen LogP contribution in [0.25, 0.3) is 21.5 Å². The Morgan fingerprint density at radius 2 is 0.889 bits per heavy atom. The number of benzene rings is 8. The molecule has 0 aliphatic heterocycles. The molecule has 316 valence electrons. The van der Waals surface area contributed by atoms with Gasteiger partial charge in [-0.25, -0.2) is 16.8 Å². The fraction of sp³-hybridized carbons (Fsp3) is 0.0769. The van der Waals surface area contributed by atoms with E-state index in [2.05, 4.69) is 28.4 Å². The number of methoxy groups -OCH3 is 2. The van der Waals surface area contributed by atoms with Crippen molar-refractivity contribution in [3.8, 4) is 35.2 Å². The average Bonchev–Trinajstić information content (AvgIpc) is 3.29. The van der Waals surface area contributed by atoms with Gasteiger partial charge < -0.3 is 15.2 Å². The lowest BCUT2D eigenvalue weighted by atomic mass is 10.0. The molecule has 0 spiro atoms. The molecule has 0 amide bonds. The van der Waals surface area contributed by atoms with E-state index in [1.54, 1.807) is 56.7 Å². The van der Waals surface area contributed by atoms with E-state index in [0.29, 0.717) is 5.69 Å². The van der Waals surface area contributed by atoms with Crippen LogP contribution in [0.3, 0.4) is 0 Å². The van der Waals surface area contributed by atoms with Crippen molar-refractivity contribution in [1.82, 2.24) is 0 Å². The van der Waals surface area contributed by atoms with Gasteiger partial charge in [0.25, 0.3) is 19.1 Å². The highest BCUT2D eigenvalue weighted by atomic mass is 35.7. The minimum atomic E-state index is -3.69. The first-order chi connectivity index (χ1) is 30.2. The van der Waals surface area contributed by atoms with Gasteiger partial charge in [-0.1, -0.05) is 108 Å². The molecule has 0 bridgehead atoms. The lowest BCUT2D eigenvalue weighted by Gasteiger charge is -2.12. The number of hydrogen-bond donors (Lipinski definition) is 2. The second-order valence-corrected chi connectivity index (χ2v) is 18.3. The fourth-order valence-electron chi connectivity index (χ4n) is 6.18. The highest BCUT2D eigenvalue weighted by Crippen LogP contribution is 2.29. The number of halogens is 1. The zero-order valence-corrected chi connectivity index (χ0v) is 37.3. The smallest absolute Gasteiger partial charge is 0.261 e. The molecule has 0 saturated carbocycles. The molecule has 0 radical (unpaired) electrons. The Hall–Kier alpha value is -7.21. The maximum atomic E-state index is 12.9. The van der Waals surface area contributed by atoms with E-state index in [-0.39, 0.29) is 9.79 Å². The topological polar surface area (TPSA) is 125 Å². The quantitative estimate of drug-likeness (QED) is 0.0967. The number of ether oxygens (including phenoxy) is 2. The van der Waals surface area contributed by atoms with Gasteiger partial charge in [0, 0.05) is 49.4 Å². The molecule has 3 N–H and O–H groups in total. The van der Waals surface area contributed by atoms with Crippen LogP contribution in [-0.2, 0) is 19.1 Å². The van der Waals surface area contributed by atoms with Crippen LogP contribution < -0.4 is 19.9 Å². The van der Waals surface area contributed by atoms with Crippen molar-refractivity contribution >= 4 is 62.7 Å². The van der Waals surface area contributed by atoms with Crippen LogP contribution in [0.15, 0.2) is 180 Å². The summed E-state index contributed by atoms with van der Waals surface area (Å²) in [5, 5.41) is 3.80. The molecule has 8 nitrogen and oxygen atoms in total. The van der Waals surface area contributed by atoms with Crippen LogP contribution in [0, 0.1) is 37.5 Å². The van der Waals surface area contributed by atoms with Crippen molar-refractivity contribution in [2.24, 2.45) is 0 Å². The van der Waals surface area contributed by atoms with Crippen LogP contribution in [0.1, 0.15) is 33.4 Å². The third-order valence-corrected chi connectivity index (χ3v) is 12.4. The summed E-state index contributed by atoms with van der Waals surface area (Å²) in [4.78, 5) is 0.371. The largest absolute Gasteiger partial charge is 0.497 e. The number of nitrogens with two attached hydrogens (primary N) is 1. The minimum Gasteiger partial charge on any atom is -0.497 e. The summed E-state index contributed by atoms with van der Waals surface area (Å²) in [7, 11) is 1.12. The molecular formula is C52H43ClN2O6S2. The van der Waals surface area contributed by atoms with Crippen molar-refractivity contribution in [3.05, 3.63) is 203 Å². The summed E-state index contributed by atoms with van der Waals surface area (Å²) in [6.45, 7) is 3.80. The molecule has 0 aliphatic rings. The Balaban J connectivity index is 0.000000177. The van der Waals surface area contributed by atoms with Gasteiger partial charge in [-0.15, -0.1) is 0 Å². The Morgan fingerprint density at radius 1 is 0.476 bits per heavy atom. The van der Waals surface area contributed by atoms with Crippen LogP contribution >= 0.6 is 10.7 Å². The molecule has 8 aromatic carbocycles. The molecule has 0 heterocycles. The number of rotatable bonds is 6. The summed E-state index contributed by atoms with van der Waals surface area (Å²) < 4.78 is 60.2. The monoisotopic (exact) mass is 890 g/mol. The van der Waals surface area contributed by atoms with E-state index in [0.717, 1.165) is 72.1 Å². The second-order valence-electron chi connectivity index (χ2n) is 14.1. The van der Waals surface area contributed by atoms with Gasteiger partial charge >= 0.3 is 0 Å². The molecule has 8 rings (SSSR count). The Morgan fingerprint density at radius 3 is 1.35 bits per heavy atom. The Kier molecular flexibility index (Phi) is 14.8. The molecule has 0 fully saturated rings. The van der Waals surface area contributed by atoms with E-state index >= 15 is 0 Å². The number of anilines is 2. The maximum Gasteiger partial charge on any atom is 0.261 e. The lowest BCUT2D eigenvalue weighted by Crippen LogP contribution is -2.13. The highest BCUT2D eigenvalue weighted by Gasteiger charge is 2.16. The highest BCUT2D eigenvalue weighted by molar-refractivity contribution is 8.13. The van der Waals surface area contributed by atoms with E-state index < -0.39 is 19.1 Å². The van der Waals surface area contributed by atoms with Crippen molar-refractivity contribution in [3.63, 3.8) is 0 Å². The van der Waals surface area contributed by atoms with Crippen LogP contribution in [0.5, 0.6) is 11.5 Å². The molecule has 0 aliphatic carbocycles. The van der Waals surface area contributed by atoms with Crippen molar-refractivity contribution in [2.75, 3.05) is 24.7 Å². The molecule has 8 aromatic rings.